The minimum atomic E-state index is -0.551. The highest BCUT2D eigenvalue weighted by Crippen LogP contribution is 2.26. The molecule has 1 fully saturated rings. The zero-order valence-electron chi connectivity index (χ0n) is 11.2. The normalized spacial score (nSPS) is 20.4. The van der Waals surface area contributed by atoms with E-state index in [0.29, 0.717) is 23.9 Å². The fourth-order valence-corrected chi connectivity index (χ4v) is 2.35. The molecule has 1 aromatic rings. The molecular formula is C14H19ClN2O2. The van der Waals surface area contributed by atoms with Crippen LogP contribution in [0.2, 0.25) is 5.02 Å². The molecule has 0 saturated carbocycles. The Labute approximate surface area is 118 Å². The first-order valence-electron chi connectivity index (χ1n) is 6.44. The van der Waals surface area contributed by atoms with Gasteiger partial charge in [0, 0.05) is 19.1 Å². The van der Waals surface area contributed by atoms with Crippen molar-refractivity contribution >= 4 is 17.5 Å². The fraction of sp³-hybridized carbons (Fsp3) is 0.500. The van der Waals surface area contributed by atoms with Crippen LogP contribution in [-0.4, -0.2) is 36.0 Å². The van der Waals surface area contributed by atoms with E-state index in [0.717, 1.165) is 12.0 Å². The number of rotatable bonds is 3. The van der Waals surface area contributed by atoms with Gasteiger partial charge in [0.1, 0.15) is 5.75 Å². The number of benzene rings is 1. The minimum absolute atomic E-state index is 0.0366. The van der Waals surface area contributed by atoms with E-state index >= 15 is 0 Å². The van der Waals surface area contributed by atoms with Crippen molar-refractivity contribution in [3.05, 3.63) is 28.8 Å². The van der Waals surface area contributed by atoms with Gasteiger partial charge in [-0.3, -0.25) is 4.79 Å². The van der Waals surface area contributed by atoms with E-state index in [4.69, 9.17) is 22.1 Å². The molecule has 1 heterocycles. The summed E-state index contributed by atoms with van der Waals surface area (Å²) in [4.78, 5) is 13.9. The molecule has 1 aromatic carbocycles. The van der Waals surface area contributed by atoms with Crippen molar-refractivity contribution in [2.24, 2.45) is 5.73 Å². The highest BCUT2D eigenvalue weighted by atomic mass is 35.5. The zero-order chi connectivity index (χ0) is 14.0. The number of likely N-dealkylation sites (tertiary alicyclic amines) is 1. The number of hydrogen-bond donors (Lipinski definition) is 1. The Morgan fingerprint density at radius 3 is 2.95 bits per heavy atom. The first-order chi connectivity index (χ1) is 8.97. The Hall–Kier alpha value is -1.26. The molecule has 0 spiro atoms. The van der Waals surface area contributed by atoms with Crippen LogP contribution in [0, 0.1) is 6.92 Å². The number of halogens is 1. The van der Waals surface area contributed by atoms with Crippen molar-refractivity contribution in [1.29, 1.82) is 0 Å². The first-order valence-corrected chi connectivity index (χ1v) is 6.82. The van der Waals surface area contributed by atoms with Gasteiger partial charge in [-0.25, -0.2) is 0 Å². The van der Waals surface area contributed by atoms with E-state index in [1.807, 2.05) is 19.1 Å². The molecule has 1 aliphatic heterocycles. The van der Waals surface area contributed by atoms with Crippen LogP contribution in [0.4, 0.5) is 0 Å². The van der Waals surface area contributed by atoms with Crippen LogP contribution >= 0.6 is 11.6 Å². The summed E-state index contributed by atoms with van der Waals surface area (Å²) in [5, 5.41) is 0.517. The number of hydrogen-bond acceptors (Lipinski definition) is 3. The molecule has 0 aromatic heterocycles. The highest BCUT2D eigenvalue weighted by Gasteiger charge is 2.28. The third-order valence-electron chi connectivity index (χ3n) is 3.27. The topological polar surface area (TPSA) is 55.6 Å². The average Bonchev–Trinajstić information content (AvgIpc) is 2.79. The number of ether oxygens (including phenoxy) is 1. The van der Waals surface area contributed by atoms with Gasteiger partial charge >= 0.3 is 0 Å². The fourth-order valence-electron chi connectivity index (χ4n) is 2.19. The standard InChI is InChI=1S/C14H19ClN2O2/c1-9-3-4-12(15)13(7-9)19-10(2)14(18)17-6-5-11(16)8-17/h3-4,7,10-11H,5-6,8,16H2,1-2H3/t10-,11+/m1/s1. The van der Waals surface area contributed by atoms with Crippen molar-refractivity contribution in [3.8, 4) is 5.75 Å². The average molecular weight is 283 g/mol. The third kappa shape index (κ3) is 3.39. The summed E-state index contributed by atoms with van der Waals surface area (Å²) in [5.74, 6) is 0.511. The summed E-state index contributed by atoms with van der Waals surface area (Å²) in [5.41, 5.74) is 6.85. The molecule has 19 heavy (non-hydrogen) atoms. The number of carbonyl (C=O) groups is 1. The maximum absolute atomic E-state index is 12.2. The van der Waals surface area contributed by atoms with Crippen molar-refractivity contribution in [1.82, 2.24) is 4.90 Å². The summed E-state index contributed by atoms with van der Waals surface area (Å²) in [7, 11) is 0. The zero-order valence-corrected chi connectivity index (χ0v) is 12.0. The monoisotopic (exact) mass is 282 g/mol. The molecule has 2 atom stereocenters. The molecule has 4 nitrogen and oxygen atoms in total. The van der Waals surface area contributed by atoms with Crippen molar-refractivity contribution < 1.29 is 9.53 Å². The van der Waals surface area contributed by atoms with Crippen molar-refractivity contribution in [2.75, 3.05) is 13.1 Å². The Balaban J connectivity index is 2.02. The summed E-state index contributed by atoms with van der Waals surface area (Å²) in [6.45, 7) is 5.00. The number of carbonyl (C=O) groups excluding carboxylic acids is 1. The molecule has 5 heteroatoms. The van der Waals surface area contributed by atoms with E-state index in [1.165, 1.54) is 0 Å². The highest BCUT2D eigenvalue weighted by molar-refractivity contribution is 6.32. The first kappa shape index (κ1) is 14.2. The molecule has 1 amide bonds. The summed E-state index contributed by atoms with van der Waals surface area (Å²) in [6, 6.07) is 5.59. The molecule has 2 rings (SSSR count). The lowest BCUT2D eigenvalue weighted by Crippen LogP contribution is -2.40. The van der Waals surface area contributed by atoms with Gasteiger partial charge in [0.25, 0.3) is 5.91 Å². The molecule has 0 bridgehead atoms. The van der Waals surface area contributed by atoms with E-state index in [9.17, 15) is 4.79 Å². The van der Waals surface area contributed by atoms with Gasteiger partial charge in [0.2, 0.25) is 0 Å². The predicted octanol–water partition coefficient (Wildman–Crippen LogP) is 1.98. The van der Waals surface area contributed by atoms with Gasteiger partial charge in [-0.05, 0) is 38.0 Å². The van der Waals surface area contributed by atoms with Crippen LogP contribution < -0.4 is 10.5 Å². The lowest BCUT2D eigenvalue weighted by atomic mass is 10.2. The molecular weight excluding hydrogens is 264 g/mol. The van der Waals surface area contributed by atoms with Crippen molar-refractivity contribution in [3.63, 3.8) is 0 Å². The van der Waals surface area contributed by atoms with Crippen LogP contribution in [0.15, 0.2) is 18.2 Å². The van der Waals surface area contributed by atoms with Crippen LogP contribution in [0.1, 0.15) is 18.9 Å². The second-order valence-electron chi connectivity index (χ2n) is 5.03. The Morgan fingerprint density at radius 2 is 2.32 bits per heavy atom. The van der Waals surface area contributed by atoms with Crippen molar-refractivity contribution in [2.45, 2.75) is 32.4 Å². The van der Waals surface area contributed by atoms with Crippen LogP contribution in [-0.2, 0) is 4.79 Å². The number of nitrogens with two attached hydrogens (primary N) is 1. The Bertz CT molecular complexity index is 479. The van der Waals surface area contributed by atoms with Gasteiger partial charge in [-0.15, -0.1) is 0 Å². The van der Waals surface area contributed by atoms with Crippen LogP contribution in [0.3, 0.4) is 0 Å². The molecule has 0 aliphatic carbocycles. The number of aryl methyl sites for hydroxylation is 1. The van der Waals surface area contributed by atoms with Crippen LogP contribution in [0.25, 0.3) is 0 Å². The van der Waals surface area contributed by atoms with Gasteiger partial charge in [-0.2, -0.15) is 0 Å². The van der Waals surface area contributed by atoms with Crippen LogP contribution in [0.5, 0.6) is 5.75 Å². The second kappa shape index (κ2) is 5.80. The summed E-state index contributed by atoms with van der Waals surface area (Å²) in [6.07, 6.45) is 0.300. The Morgan fingerprint density at radius 1 is 1.58 bits per heavy atom. The SMILES string of the molecule is Cc1ccc(Cl)c(O[C@H](C)C(=O)N2CC[C@H](N)C2)c1. The lowest BCUT2D eigenvalue weighted by molar-refractivity contribution is -0.136. The van der Waals surface area contributed by atoms with Gasteiger partial charge in [-0.1, -0.05) is 17.7 Å². The smallest absolute Gasteiger partial charge is 0.263 e. The number of nitrogens with zero attached hydrogens (tertiary/aromatic N) is 1. The molecule has 0 unspecified atom stereocenters. The predicted molar refractivity (Wildman–Crippen MR) is 75.5 cm³/mol. The molecule has 2 N–H and O–H groups in total. The molecule has 0 radical (unpaired) electrons. The second-order valence-corrected chi connectivity index (χ2v) is 5.43. The number of amides is 1. The molecule has 104 valence electrons. The largest absolute Gasteiger partial charge is 0.479 e. The van der Waals surface area contributed by atoms with E-state index in [1.54, 1.807) is 17.9 Å². The maximum Gasteiger partial charge on any atom is 0.263 e. The Kier molecular flexibility index (Phi) is 4.32. The quantitative estimate of drug-likeness (QED) is 0.922. The molecule has 1 aliphatic rings. The maximum atomic E-state index is 12.2. The van der Waals surface area contributed by atoms with E-state index in [-0.39, 0.29) is 11.9 Å². The van der Waals surface area contributed by atoms with Gasteiger partial charge in [0.15, 0.2) is 6.10 Å². The third-order valence-corrected chi connectivity index (χ3v) is 3.59. The summed E-state index contributed by atoms with van der Waals surface area (Å²) < 4.78 is 5.67. The summed E-state index contributed by atoms with van der Waals surface area (Å²) >= 11 is 6.06. The lowest BCUT2D eigenvalue weighted by Gasteiger charge is -2.22. The van der Waals surface area contributed by atoms with E-state index < -0.39 is 6.10 Å². The van der Waals surface area contributed by atoms with Gasteiger partial charge < -0.3 is 15.4 Å². The van der Waals surface area contributed by atoms with E-state index in [2.05, 4.69) is 0 Å². The molecule has 1 saturated heterocycles. The minimum Gasteiger partial charge on any atom is -0.479 e. The van der Waals surface area contributed by atoms with Gasteiger partial charge in [0.05, 0.1) is 5.02 Å².